The minimum Gasteiger partial charge on any atom is -0.354 e. The number of benzene rings is 3. The summed E-state index contributed by atoms with van der Waals surface area (Å²) in [6, 6.07) is 19.4. The maximum Gasteiger partial charge on any atom is 0.258 e. The summed E-state index contributed by atoms with van der Waals surface area (Å²) in [5.41, 5.74) is 11.2. The fraction of sp³-hybridized carbons (Fsp3) is 0.267. The summed E-state index contributed by atoms with van der Waals surface area (Å²) >= 11 is 0. The lowest BCUT2D eigenvalue weighted by molar-refractivity contribution is -0.119. The highest BCUT2D eigenvalue weighted by molar-refractivity contribution is 6.37. The molecule has 1 saturated heterocycles. The van der Waals surface area contributed by atoms with E-state index < -0.39 is 5.82 Å². The van der Waals surface area contributed by atoms with Crippen LogP contribution in [0.4, 0.5) is 21.5 Å². The number of halogens is 1. The van der Waals surface area contributed by atoms with Gasteiger partial charge in [-0.05, 0) is 66.7 Å². The molecule has 2 aliphatic heterocycles. The number of piperazine rings is 1. The molecule has 3 aromatic carbocycles. The van der Waals surface area contributed by atoms with Gasteiger partial charge in [0, 0.05) is 56.7 Å². The van der Waals surface area contributed by atoms with Gasteiger partial charge in [0.1, 0.15) is 5.82 Å². The number of rotatable bonds is 7. The molecular formula is C30H33FN6O2. The van der Waals surface area contributed by atoms with Crippen molar-refractivity contribution in [3.05, 3.63) is 89.2 Å². The van der Waals surface area contributed by atoms with E-state index in [0.717, 1.165) is 48.7 Å². The molecule has 3 aromatic rings. The maximum atomic E-state index is 13.9. The fourth-order valence-electron chi connectivity index (χ4n) is 4.89. The smallest absolute Gasteiger partial charge is 0.258 e. The zero-order valence-electron chi connectivity index (χ0n) is 22.2. The van der Waals surface area contributed by atoms with Crippen LogP contribution >= 0.6 is 0 Å². The van der Waals surface area contributed by atoms with E-state index in [1.54, 1.807) is 18.0 Å². The molecule has 1 fully saturated rings. The first-order valence-electron chi connectivity index (χ1n) is 13.0. The minimum absolute atomic E-state index is 0.0353. The zero-order chi connectivity index (χ0) is 27.5. The third-order valence-corrected chi connectivity index (χ3v) is 7.28. The van der Waals surface area contributed by atoms with Crippen LogP contribution < -0.4 is 21.3 Å². The van der Waals surface area contributed by atoms with Gasteiger partial charge < -0.3 is 26.2 Å². The van der Waals surface area contributed by atoms with Gasteiger partial charge in [-0.3, -0.25) is 14.5 Å². The first-order valence-corrected chi connectivity index (χ1v) is 13.0. The Morgan fingerprint density at radius 2 is 1.79 bits per heavy atom. The highest BCUT2D eigenvalue weighted by Crippen LogP contribution is 2.38. The molecule has 2 heterocycles. The predicted octanol–water partition coefficient (Wildman–Crippen LogP) is 3.43. The topological polar surface area (TPSA) is 93.9 Å². The van der Waals surface area contributed by atoms with Gasteiger partial charge >= 0.3 is 0 Å². The number of amides is 2. The van der Waals surface area contributed by atoms with Crippen LogP contribution in [0, 0.1) is 5.82 Å². The Kier molecular flexibility index (Phi) is 7.74. The average Bonchev–Trinajstić information content (AvgIpc) is 3.27. The van der Waals surface area contributed by atoms with E-state index >= 15 is 0 Å². The highest BCUT2D eigenvalue weighted by Gasteiger charge is 2.29. The van der Waals surface area contributed by atoms with E-state index in [1.165, 1.54) is 12.1 Å². The molecule has 0 spiro atoms. The SMILES string of the molecule is CN1CCN(CC(=O)N(C)c2ccc(NC(=C3C(=O)Nc4cc(F)ccc43)c3cccc(CN)c3)cc2)CC1. The van der Waals surface area contributed by atoms with Crippen molar-refractivity contribution in [2.75, 3.05) is 62.4 Å². The fourth-order valence-corrected chi connectivity index (χ4v) is 4.89. The molecule has 202 valence electrons. The second-order valence-electron chi connectivity index (χ2n) is 10.0. The molecule has 0 radical (unpaired) electrons. The number of nitrogens with one attached hydrogen (secondary N) is 2. The summed E-state index contributed by atoms with van der Waals surface area (Å²) in [6.07, 6.45) is 0. The van der Waals surface area contributed by atoms with Gasteiger partial charge in [0.2, 0.25) is 5.91 Å². The molecule has 39 heavy (non-hydrogen) atoms. The van der Waals surface area contributed by atoms with Crippen LogP contribution in [0.25, 0.3) is 11.3 Å². The summed E-state index contributed by atoms with van der Waals surface area (Å²) in [4.78, 5) is 32.1. The Balaban J connectivity index is 1.41. The van der Waals surface area contributed by atoms with Crippen molar-refractivity contribution >= 4 is 40.1 Å². The summed E-state index contributed by atoms with van der Waals surface area (Å²) in [6.45, 7) is 4.42. The first-order chi connectivity index (χ1) is 18.8. The second kappa shape index (κ2) is 11.4. The molecule has 9 heteroatoms. The molecule has 0 atom stereocenters. The Bertz CT molecular complexity index is 1410. The van der Waals surface area contributed by atoms with Gasteiger partial charge in [0.25, 0.3) is 5.91 Å². The van der Waals surface area contributed by atoms with Gasteiger partial charge in [-0.25, -0.2) is 4.39 Å². The summed E-state index contributed by atoms with van der Waals surface area (Å²) in [5, 5.41) is 6.18. The Morgan fingerprint density at radius 1 is 1.05 bits per heavy atom. The van der Waals surface area contributed by atoms with Crippen molar-refractivity contribution in [1.82, 2.24) is 9.80 Å². The van der Waals surface area contributed by atoms with Gasteiger partial charge in [-0.1, -0.05) is 18.2 Å². The number of fused-ring (bicyclic) bond motifs is 1. The van der Waals surface area contributed by atoms with E-state index in [0.29, 0.717) is 35.6 Å². The van der Waals surface area contributed by atoms with Gasteiger partial charge in [0.15, 0.2) is 0 Å². The van der Waals surface area contributed by atoms with Crippen LogP contribution in [0.5, 0.6) is 0 Å². The van der Waals surface area contributed by atoms with Gasteiger partial charge in [-0.2, -0.15) is 0 Å². The highest BCUT2D eigenvalue weighted by atomic mass is 19.1. The average molecular weight is 529 g/mol. The summed E-state index contributed by atoms with van der Waals surface area (Å²) in [5.74, 6) is -0.702. The number of carbonyl (C=O) groups excluding carboxylic acids is 2. The largest absolute Gasteiger partial charge is 0.354 e. The number of hydrogen-bond acceptors (Lipinski definition) is 6. The zero-order valence-corrected chi connectivity index (χ0v) is 22.2. The van der Waals surface area contributed by atoms with Crippen molar-refractivity contribution in [1.29, 1.82) is 0 Å². The number of likely N-dealkylation sites (N-methyl/N-ethyl adjacent to an activating group) is 2. The lowest BCUT2D eigenvalue weighted by Gasteiger charge is -2.32. The van der Waals surface area contributed by atoms with Crippen molar-refractivity contribution in [3.8, 4) is 0 Å². The van der Waals surface area contributed by atoms with E-state index in [-0.39, 0.29) is 11.8 Å². The molecule has 2 aliphatic rings. The normalized spacial score (nSPS) is 17.0. The molecule has 4 N–H and O–H groups in total. The van der Waals surface area contributed by atoms with Gasteiger partial charge in [-0.15, -0.1) is 0 Å². The maximum absolute atomic E-state index is 13.9. The molecule has 0 unspecified atom stereocenters. The number of nitrogens with two attached hydrogens (primary N) is 1. The molecule has 0 saturated carbocycles. The standard InChI is InChI=1S/C30H33FN6O2/c1-35-12-14-37(15-13-35)19-27(38)36(2)24-9-7-23(8-10-24)33-29(21-5-3-4-20(16-21)18-32)28-25-11-6-22(31)17-26(25)34-30(28)39/h3-11,16-17,33H,12-15,18-19,32H2,1-2H3,(H,34,39). The first kappa shape index (κ1) is 26.6. The van der Waals surface area contributed by atoms with Crippen LogP contribution in [-0.2, 0) is 16.1 Å². The monoisotopic (exact) mass is 528 g/mol. The van der Waals surface area contributed by atoms with Crippen molar-refractivity contribution in [2.45, 2.75) is 6.54 Å². The van der Waals surface area contributed by atoms with Crippen molar-refractivity contribution < 1.29 is 14.0 Å². The number of anilines is 3. The predicted molar refractivity (Wildman–Crippen MR) is 154 cm³/mol. The van der Waals surface area contributed by atoms with E-state index in [9.17, 15) is 14.0 Å². The molecule has 5 rings (SSSR count). The van der Waals surface area contributed by atoms with Crippen LogP contribution in [-0.4, -0.2) is 68.4 Å². The number of nitrogens with zero attached hydrogens (tertiary/aromatic N) is 3. The van der Waals surface area contributed by atoms with Crippen molar-refractivity contribution in [3.63, 3.8) is 0 Å². The molecule has 0 bridgehead atoms. The summed E-state index contributed by atoms with van der Waals surface area (Å²) in [7, 11) is 3.88. The summed E-state index contributed by atoms with van der Waals surface area (Å²) < 4.78 is 13.9. The van der Waals surface area contributed by atoms with E-state index in [2.05, 4.69) is 27.5 Å². The molecule has 0 aliphatic carbocycles. The molecule has 0 aromatic heterocycles. The lowest BCUT2D eigenvalue weighted by atomic mass is 9.98. The number of hydrogen-bond donors (Lipinski definition) is 3. The third-order valence-electron chi connectivity index (χ3n) is 7.28. The molecule has 2 amide bonds. The van der Waals surface area contributed by atoms with Crippen LogP contribution in [0.15, 0.2) is 66.7 Å². The Hall–Kier alpha value is -4.05. The minimum atomic E-state index is -0.420. The third kappa shape index (κ3) is 5.85. The quantitative estimate of drug-likeness (QED) is 0.407. The van der Waals surface area contributed by atoms with Crippen LogP contribution in [0.3, 0.4) is 0 Å². The van der Waals surface area contributed by atoms with Crippen molar-refractivity contribution in [2.24, 2.45) is 5.73 Å². The lowest BCUT2D eigenvalue weighted by Crippen LogP contribution is -2.48. The van der Waals surface area contributed by atoms with E-state index in [4.69, 9.17) is 5.73 Å². The second-order valence-corrected chi connectivity index (χ2v) is 10.0. The van der Waals surface area contributed by atoms with E-state index in [1.807, 2.05) is 48.5 Å². The Morgan fingerprint density at radius 3 is 2.51 bits per heavy atom. The molecular weight excluding hydrogens is 495 g/mol. The Labute approximate surface area is 227 Å². The van der Waals surface area contributed by atoms with Crippen LogP contribution in [0.2, 0.25) is 0 Å². The molecule has 8 nitrogen and oxygen atoms in total. The van der Waals surface area contributed by atoms with Crippen LogP contribution in [0.1, 0.15) is 16.7 Å². The number of carbonyl (C=O) groups is 2. The van der Waals surface area contributed by atoms with Gasteiger partial charge in [0.05, 0.1) is 23.5 Å².